The van der Waals surface area contributed by atoms with Crippen molar-refractivity contribution in [2.75, 3.05) is 6.61 Å². The molecule has 0 aromatic heterocycles. The smallest absolute Gasteiger partial charge is 0.326 e. The van der Waals surface area contributed by atoms with Gasteiger partial charge in [-0.15, -0.1) is 6.58 Å². The fraction of sp³-hybridized carbons (Fsp3) is 0.250. The summed E-state index contributed by atoms with van der Waals surface area (Å²) in [6, 6.07) is 6.45. The number of carbonyl (C=O) groups excluding carboxylic acids is 1. The molecule has 2 rings (SSSR count). The molecule has 2 N–H and O–H groups in total. The predicted octanol–water partition coefficient (Wildman–Crippen LogP) is 2.00. The molecule has 110 valence electrons. The van der Waals surface area contributed by atoms with Crippen LogP contribution in [0.4, 0.5) is 0 Å². The molecule has 1 aliphatic heterocycles. The van der Waals surface area contributed by atoms with Crippen LogP contribution in [0, 0.1) is 0 Å². The summed E-state index contributed by atoms with van der Waals surface area (Å²) in [5, 5.41) is 11.6. The number of carbonyl (C=O) groups is 2. The molecule has 1 heterocycles. The van der Waals surface area contributed by atoms with Crippen LogP contribution < -0.4 is 10.1 Å². The quantitative estimate of drug-likeness (QED) is 0.785. The van der Waals surface area contributed by atoms with E-state index in [1.165, 1.54) is 0 Å². The maximum Gasteiger partial charge on any atom is 0.326 e. The zero-order valence-corrected chi connectivity index (χ0v) is 11.5. The van der Waals surface area contributed by atoms with Crippen molar-refractivity contribution < 1.29 is 19.4 Å². The molecule has 1 aliphatic rings. The number of fused-ring (bicyclic) bond motifs is 1. The molecule has 5 heteroatoms. The van der Waals surface area contributed by atoms with Gasteiger partial charge in [-0.2, -0.15) is 0 Å². The summed E-state index contributed by atoms with van der Waals surface area (Å²) in [5.41, 5.74) is 1.23. The number of aliphatic carboxylic acids is 1. The minimum atomic E-state index is -1.05. The summed E-state index contributed by atoms with van der Waals surface area (Å²) in [7, 11) is 0. The van der Waals surface area contributed by atoms with E-state index in [4.69, 9.17) is 9.84 Å². The first-order valence-electron chi connectivity index (χ1n) is 6.69. The Morgan fingerprint density at radius 2 is 2.19 bits per heavy atom. The van der Waals surface area contributed by atoms with Crippen molar-refractivity contribution in [3.8, 4) is 5.75 Å². The Balaban J connectivity index is 2.08. The van der Waals surface area contributed by atoms with Gasteiger partial charge in [0.2, 0.25) is 0 Å². The lowest BCUT2D eigenvalue weighted by molar-refractivity contribution is -0.141. The van der Waals surface area contributed by atoms with Crippen LogP contribution in [0.2, 0.25) is 0 Å². The number of benzene rings is 1. The van der Waals surface area contributed by atoms with E-state index in [1.807, 2.05) is 24.3 Å². The third-order valence-electron chi connectivity index (χ3n) is 3.19. The largest absolute Gasteiger partial charge is 0.488 e. The lowest BCUT2D eigenvalue weighted by atomic mass is 10.1. The van der Waals surface area contributed by atoms with Crippen molar-refractivity contribution in [3.63, 3.8) is 0 Å². The van der Waals surface area contributed by atoms with E-state index in [-0.39, 0.29) is 6.61 Å². The zero-order chi connectivity index (χ0) is 15.2. The molecule has 1 aromatic rings. The van der Waals surface area contributed by atoms with E-state index in [9.17, 15) is 9.59 Å². The lowest BCUT2D eigenvalue weighted by Crippen LogP contribution is -2.42. The minimum absolute atomic E-state index is 0.136. The van der Waals surface area contributed by atoms with Crippen molar-refractivity contribution in [1.29, 1.82) is 0 Å². The van der Waals surface area contributed by atoms with Gasteiger partial charge >= 0.3 is 5.97 Å². The maximum absolute atomic E-state index is 12.1. The fourth-order valence-electron chi connectivity index (χ4n) is 2.04. The first-order valence-corrected chi connectivity index (χ1v) is 6.69. The number of allylic oxidation sites excluding steroid dienone is 1. The summed E-state index contributed by atoms with van der Waals surface area (Å²) < 4.78 is 5.49. The highest BCUT2D eigenvalue weighted by Crippen LogP contribution is 2.25. The lowest BCUT2D eigenvalue weighted by Gasteiger charge is -2.19. The van der Waals surface area contributed by atoms with Gasteiger partial charge < -0.3 is 15.2 Å². The SMILES string of the molecule is C=CCCC(NC(=O)C1=Cc2ccccc2OC1)C(=O)O. The summed E-state index contributed by atoms with van der Waals surface area (Å²) in [6.07, 6.45) is 4.19. The second-order valence-corrected chi connectivity index (χ2v) is 4.73. The van der Waals surface area contributed by atoms with Gasteiger partial charge in [-0.3, -0.25) is 4.79 Å². The molecule has 0 aliphatic carbocycles. The normalized spacial score (nSPS) is 14.2. The second-order valence-electron chi connectivity index (χ2n) is 4.73. The standard InChI is InChI=1S/C16H17NO4/c1-2-3-7-13(16(19)20)17-15(18)12-9-11-6-4-5-8-14(11)21-10-12/h2,4-6,8-9,13H,1,3,7,10H2,(H,17,18)(H,19,20). The first-order chi connectivity index (χ1) is 10.1. The van der Waals surface area contributed by atoms with Crippen molar-refractivity contribution >= 4 is 18.0 Å². The van der Waals surface area contributed by atoms with E-state index >= 15 is 0 Å². The number of carboxylic acid groups (broad SMARTS) is 1. The van der Waals surface area contributed by atoms with Crippen LogP contribution in [-0.2, 0) is 9.59 Å². The Morgan fingerprint density at radius 3 is 2.90 bits per heavy atom. The molecule has 21 heavy (non-hydrogen) atoms. The van der Waals surface area contributed by atoms with Crippen LogP contribution in [-0.4, -0.2) is 29.6 Å². The average molecular weight is 287 g/mol. The third-order valence-corrected chi connectivity index (χ3v) is 3.19. The highest BCUT2D eigenvalue weighted by Gasteiger charge is 2.23. The van der Waals surface area contributed by atoms with E-state index in [1.54, 1.807) is 12.2 Å². The summed E-state index contributed by atoms with van der Waals surface area (Å²) >= 11 is 0. The monoisotopic (exact) mass is 287 g/mol. The minimum Gasteiger partial charge on any atom is -0.488 e. The molecule has 0 saturated heterocycles. The van der Waals surface area contributed by atoms with Crippen molar-refractivity contribution in [2.24, 2.45) is 0 Å². The van der Waals surface area contributed by atoms with E-state index in [2.05, 4.69) is 11.9 Å². The highest BCUT2D eigenvalue weighted by atomic mass is 16.5. The van der Waals surface area contributed by atoms with Gasteiger partial charge in [-0.25, -0.2) is 4.79 Å². The van der Waals surface area contributed by atoms with Gasteiger partial charge in [0.1, 0.15) is 18.4 Å². The molecule has 0 spiro atoms. The Hall–Kier alpha value is -2.56. The Labute approximate surface area is 122 Å². The zero-order valence-electron chi connectivity index (χ0n) is 11.5. The van der Waals surface area contributed by atoms with Gasteiger partial charge in [-0.05, 0) is 25.0 Å². The summed E-state index contributed by atoms with van der Waals surface area (Å²) in [4.78, 5) is 23.3. The Morgan fingerprint density at radius 1 is 1.43 bits per heavy atom. The van der Waals surface area contributed by atoms with Gasteiger partial charge in [-0.1, -0.05) is 24.3 Å². The number of amides is 1. The van der Waals surface area contributed by atoms with Crippen LogP contribution in [0.5, 0.6) is 5.75 Å². The molecule has 0 fully saturated rings. The number of hydrogen-bond acceptors (Lipinski definition) is 3. The molecule has 0 saturated carbocycles. The topological polar surface area (TPSA) is 75.6 Å². The van der Waals surface area contributed by atoms with Crippen LogP contribution >= 0.6 is 0 Å². The molecule has 1 amide bonds. The maximum atomic E-state index is 12.1. The molecule has 0 bridgehead atoms. The fourth-order valence-corrected chi connectivity index (χ4v) is 2.04. The molecule has 0 radical (unpaired) electrons. The summed E-state index contributed by atoms with van der Waals surface area (Å²) in [5.74, 6) is -0.751. The number of rotatable bonds is 6. The molecule has 1 aromatic carbocycles. The van der Waals surface area contributed by atoms with Crippen LogP contribution in [0.3, 0.4) is 0 Å². The number of para-hydroxylation sites is 1. The molecular formula is C16H17NO4. The van der Waals surface area contributed by atoms with Crippen LogP contribution in [0.1, 0.15) is 18.4 Å². The predicted molar refractivity (Wildman–Crippen MR) is 78.9 cm³/mol. The van der Waals surface area contributed by atoms with Crippen molar-refractivity contribution in [2.45, 2.75) is 18.9 Å². The highest BCUT2D eigenvalue weighted by molar-refractivity contribution is 6.00. The van der Waals surface area contributed by atoms with Crippen LogP contribution in [0.15, 0.2) is 42.5 Å². The number of ether oxygens (including phenoxy) is 1. The molecular weight excluding hydrogens is 270 g/mol. The van der Waals surface area contributed by atoms with Crippen molar-refractivity contribution in [3.05, 3.63) is 48.1 Å². The van der Waals surface area contributed by atoms with Gasteiger partial charge in [0.05, 0.1) is 5.57 Å². The van der Waals surface area contributed by atoms with Gasteiger partial charge in [0.15, 0.2) is 0 Å². The average Bonchev–Trinajstić information content (AvgIpc) is 2.50. The van der Waals surface area contributed by atoms with E-state index in [0.717, 1.165) is 11.3 Å². The number of nitrogens with one attached hydrogen (secondary N) is 1. The van der Waals surface area contributed by atoms with E-state index in [0.29, 0.717) is 18.4 Å². The number of carboxylic acids is 1. The first kappa shape index (κ1) is 14.8. The Bertz CT molecular complexity index is 592. The molecule has 1 atom stereocenters. The van der Waals surface area contributed by atoms with Gasteiger partial charge in [0.25, 0.3) is 5.91 Å². The van der Waals surface area contributed by atoms with Gasteiger partial charge in [0, 0.05) is 5.56 Å². The van der Waals surface area contributed by atoms with Crippen LogP contribution in [0.25, 0.3) is 6.08 Å². The molecule has 5 nitrogen and oxygen atoms in total. The summed E-state index contributed by atoms with van der Waals surface area (Å²) in [6.45, 7) is 3.68. The van der Waals surface area contributed by atoms with E-state index < -0.39 is 17.9 Å². The third kappa shape index (κ3) is 3.72. The second kappa shape index (κ2) is 6.74. The number of hydrogen-bond donors (Lipinski definition) is 2. The van der Waals surface area contributed by atoms with Crippen molar-refractivity contribution in [1.82, 2.24) is 5.32 Å². The molecule has 1 unspecified atom stereocenters. The Kier molecular flexibility index (Phi) is 4.77.